The molecule has 14 heavy (non-hydrogen) atoms. The summed E-state index contributed by atoms with van der Waals surface area (Å²) in [6, 6.07) is 0.446. The molecule has 0 bridgehead atoms. The second kappa shape index (κ2) is 5.13. The molecule has 0 aromatic carbocycles. The molecule has 0 aromatic heterocycles. The molecule has 0 unspecified atom stereocenters. The lowest BCUT2D eigenvalue weighted by Gasteiger charge is -2.31. The van der Waals surface area contributed by atoms with Crippen molar-refractivity contribution in [3.8, 4) is 0 Å². The Morgan fingerprint density at radius 1 is 0.714 bits per heavy atom. The molecule has 2 N–H and O–H groups in total. The number of hydrogen-bond donors (Lipinski definition) is 1. The van der Waals surface area contributed by atoms with E-state index in [1.807, 2.05) is 0 Å². The Bertz CT molecular complexity index is 158. The topological polar surface area (TPSA) is 35.2 Å². The first-order valence-corrected chi connectivity index (χ1v) is 6.25. The molecule has 0 aromatic rings. The number of rotatable bonds is 2. The van der Waals surface area contributed by atoms with Gasteiger partial charge in [0.05, 0.1) is 12.2 Å². The van der Waals surface area contributed by atoms with Gasteiger partial charge in [0.2, 0.25) is 0 Å². The summed E-state index contributed by atoms with van der Waals surface area (Å²) < 4.78 is 6.12. The normalized spacial score (nSPS) is 35.8. The smallest absolute Gasteiger partial charge is 0.0580 e. The molecule has 2 aliphatic rings. The molecule has 0 aliphatic heterocycles. The molecule has 2 fully saturated rings. The first-order chi connectivity index (χ1) is 6.84. The maximum absolute atomic E-state index is 6.12. The molecule has 0 amide bonds. The van der Waals surface area contributed by atoms with Crippen molar-refractivity contribution in [1.82, 2.24) is 0 Å². The van der Waals surface area contributed by atoms with Gasteiger partial charge in [0.25, 0.3) is 0 Å². The quantitative estimate of drug-likeness (QED) is 0.738. The van der Waals surface area contributed by atoms with Crippen LogP contribution >= 0.6 is 0 Å². The Morgan fingerprint density at radius 2 is 1.29 bits per heavy atom. The van der Waals surface area contributed by atoms with E-state index < -0.39 is 0 Å². The van der Waals surface area contributed by atoms with Gasteiger partial charge in [0.15, 0.2) is 0 Å². The van der Waals surface area contributed by atoms with Crippen molar-refractivity contribution in [1.29, 1.82) is 0 Å². The Kier molecular flexibility index (Phi) is 3.82. The average molecular weight is 197 g/mol. The molecule has 0 heterocycles. The maximum Gasteiger partial charge on any atom is 0.0580 e. The highest BCUT2D eigenvalue weighted by atomic mass is 16.5. The van der Waals surface area contributed by atoms with E-state index in [1.165, 1.54) is 44.9 Å². The summed E-state index contributed by atoms with van der Waals surface area (Å²) >= 11 is 0. The third kappa shape index (κ3) is 2.96. The molecule has 82 valence electrons. The van der Waals surface area contributed by atoms with Crippen molar-refractivity contribution < 1.29 is 4.74 Å². The Hall–Kier alpha value is -0.0800. The van der Waals surface area contributed by atoms with Gasteiger partial charge in [-0.05, 0) is 38.5 Å². The van der Waals surface area contributed by atoms with Gasteiger partial charge in [-0.3, -0.25) is 0 Å². The fourth-order valence-electron chi connectivity index (χ4n) is 2.70. The molecule has 0 atom stereocenters. The summed E-state index contributed by atoms with van der Waals surface area (Å²) in [5.74, 6) is 0. The van der Waals surface area contributed by atoms with Gasteiger partial charge >= 0.3 is 0 Å². The van der Waals surface area contributed by atoms with E-state index in [2.05, 4.69) is 0 Å². The van der Waals surface area contributed by atoms with Crippen molar-refractivity contribution in [3.63, 3.8) is 0 Å². The summed E-state index contributed by atoms with van der Waals surface area (Å²) in [4.78, 5) is 0. The lowest BCUT2D eigenvalue weighted by atomic mass is 9.92. The molecule has 2 heteroatoms. The van der Waals surface area contributed by atoms with Crippen LogP contribution < -0.4 is 5.73 Å². The monoisotopic (exact) mass is 197 g/mol. The highest BCUT2D eigenvalue weighted by Crippen LogP contribution is 2.26. The van der Waals surface area contributed by atoms with Crippen LogP contribution in [0.3, 0.4) is 0 Å². The third-order valence-electron chi connectivity index (χ3n) is 3.66. The van der Waals surface area contributed by atoms with Gasteiger partial charge < -0.3 is 10.5 Å². The number of ether oxygens (including phenoxy) is 1. The SMILES string of the molecule is N[C@H]1CC[C@@H](OC2CCCCC2)CC1. The van der Waals surface area contributed by atoms with Crippen molar-refractivity contribution in [2.75, 3.05) is 0 Å². The van der Waals surface area contributed by atoms with Gasteiger partial charge in [-0.25, -0.2) is 0 Å². The number of hydrogen-bond acceptors (Lipinski definition) is 2. The minimum Gasteiger partial charge on any atom is -0.375 e. The summed E-state index contributed by atoms with van der Waals surface area (Å²) in [6.45, 7) is 0. The van der Waals surface area contributed by atoms with Crippen LogP contribution in [0, 0.1) is 0 Å². The van der Waals surface area contributed by atoms with Gasteiger partial charge in [-0.1, -0.05) is 19.3 Å². The summed E-state index contributed by atoms with van der Waals surface area (Å²) in [5, 5.41) is 0. The lowest BCUT2D eigenvalue weighted by Crippen LogP contribution is -2.33. The first kappa shape index (κ1) is 10.4. The van der Waals surface area contributed by atoms with E-state index >= 15 is 0 Å². The van der Waals surface area contributed by atoms with Crippen LogP contribution in [0.1, 0.15) is 57.8 Å². The Balaban J connectivity index is 1.68. The number of nitrogens with two attached hydrogens (primary N) is 1. The van der Waals surface area contributed by atoms with Crippen molar-refractivity contribution in [3.05, 3.63) is 0 Å². The predicted molar refractivity (Wildman–Crippen MR) is 58.2 cm³/mol. The van der Waals surface area contributed by atoms with E-state index in [-0.39, 0.29) is 0 Å². The minimum atomic E-state index is 0.446. The zero-order valence-corrected chi connectivity index (χ0v) is 9.08. The molecule has 2 rings (SSSR count). The van der Waals surface area contributed by atoms with Crippen LogP contribution in [-0.4, -0.2) is 18.2 Å². The van der Waals surface area contributed by atoms with E-state index in [9.17, 15) is 0 Å². The average Bonchev–Trinajstić information content (AvgIpc) is 2.23. The Morgan fingerprint density at radius 3 is 1.93 bits per heavy atom. The fourth-order valence-corrected chi connectivity index (χ4v) is 2.70. The van der Waals surface area contributed by atoms with Crippen LogP contribution in [0.2, 0.25) is 0 Å². The molecular weight excluding hydrogens is 174 g/mol. The van der Waals surface area contributed by atoms with Crippen LogP contribution in [0.5, 0.6) is 0 Å². The largest absolute Gasteiger partial charge is 0.375 e. The van der Waals surface area contributed by atoms with Gasteiger partial charge in [0, 0.05) is 6.04 Å². The molecule has 0 radical (unpaired) electrons. The first-order valence-electron chi connectivity index (χ1n) is 6.25. The van der Waals surface area contributed by atoms with Crippen LogP contribution in [0.15, 0.2) is 0 Å². The Labute approximate surface area is 87.2 Å². The van der Waals surface area contributed by atoms with Gasteiger partial charge in [0.1, 0.15) is 0 Å². The van der Waals surface area contributed by atoms with Crippen LogP contribution in [0.25, 0.3) is 0 Å². The summed E-state index contributed by atoms with van der Waals surface area (Å²) in [6.07, 6.45) is 12.6. The molecular formula is C12H23NO. The minimum absolute atomic E-state index is 0.446. The molecule has 0 spiro atoms. The highest BCUT2D eigenvalue weighted by Gasteiger charge is 2.23. The van der Waals surface area contributed by atoms with Crippen molar-refractivity contribution >= 4 is 0 Å². The van der Waals surface area contributed by atoms with Gasteiger partial charge in [-0.15, -0.1) is 0 Å². The molecule has 2 aliphatic carbocycles. The van der Waals surface area contributed by atoms with Crippen molar-refractivity contribution in [2.24, 2.45) is 5.73 Å². The summed E-state index contributed by atoms with van der Waals surface area (Å²) in [5.41, 5.74) is 5.87. The third-order valence-corrected chi connectivity index (χ3v) is 3.66. The van der Waals surface area contributed by atoms with E-state index in [4.69, 9.17) is 10.5 Å². The predicted octanol–water partition coefficient (Wildman–Crippen LogP) is 2.61. The highest BCUT2D eigenvalue weighted by molar-refractivity contribution is 4.76. The van der Waals surface area contributed by atoms with Crippen molar-refractivity contribution in [2.45, 2.75) is 76.0 Å². The summed E-state index contributed by atoms with van der Waals surface area (Å²) in [7, 11) is 0. The fraction of sp³-hybridized carbons (Fsp3) is 1.00. The van der Waals surface area contributed by atoms with Crippen LogP contribution in [0.4, 0.5) is 0 Å². The van der Waals surface area contributed by atoms with Gasteiger partial charge in [-0.2, -0.15) is 0 Å². The second-order valence-electron chi connectivity index (χ2n) is 4.93. The maximum atomic E-state index is 6.12. The van der Waals surface area contributed by atoms with E-state index in [0.29, 0.717) is 18.2 Å². The molecule has 2 nitrogen and oxygen atoms in total. The lowest BCUT2D eigenvalue weighted by molar-refractivity contribution is -0.0468. The molecule has 2 saturated carbocycles. The zero-order chi connectivity index (χ0) is 9.80. The molecule has 0 saturated heterocycles. The second-order valence-corrected chi connectivity index (χ2v) is 4.93. The van der Waals surface area contributed by atoms with E-state index in [0.717, 1.165) is 12.8 Å². The standard InChI is InChI=1S/C12H23NO/c13-10-6-8-12(9-7-10)14-11-4-2-1-3-5-11/h10-12H,1-9,13H2/t10-,12+. The van der Waals surface area contributed by atoms with E-state index in [1.54, 1.807) is 0 Å². The van der Waals surface area contributed by atoms with Crippen LogP contribution in [-0.2, 0) is 4.74 Å². The zero-order valence-electron chi connectivity index (χ0n) is 9.08.